The van der Waals surface area contributed by atoms with Gasteiger partial charge in [-0.3, -0.25) is 14.2 Å². The molecule has 2 aromatic heterocycles. The fraction of sp³-hybridized carbons (Fsp3) is 0.447. The summed E-state index contributed by atoms with van der Waals surface area (Å²) in [5.74, 6) is -2.03. The second-order valence-electron chi connectivity index (χ2n) is 11.2. The number of pyridine rings is 1. The second kappa shape index (κ2) is 22.1. The van der Waals surface area contributed by atoms with E-state index in [9.17, 15) is 28.0 Å². The van der Waals surface area contributed by atoms with Crippen molar-refractivity contribution in [2.75, 3.05) is 37.8 Å². The van der Waals surface area contributed by atoms with Crippen LogP contribution in [0.4, 0.5) is 18.9 Å². The monoisotopic (exact) mass is 746 g/mol. The third-order valence-electron chi connectivity index (χ3n) is 7.66. The van der Waals surface area contributed by atoms with Gasteiger partial charge in [-0.05, 0) is 69.2 Å². The minimum Gasteiger partial charge on any atom is -0.464 e. The number of carbonyl (C=O) groups is 2. The molecule has 0 aliphatic carbocycles. The SMILES string of the molecule is CC.CC.CC(F)F.CCOC(=O)[C@H](Cc1ccc(-n2c(=O)c3cc(C)ccc3n(C)c2=O)nc1)NC(=O)c1c(C)cc(N2CCOCC2)cc1F.N. The molecular weight excluding hydrogens is 693 g/mol. The van der Waals surface area contributed by atoms with Gasteiger partial charge in [0, 0.05) is 38.4 Å². The number of esters is 1. The first-order valence-corrected chi connectivity index (χ1v) is 17.4. The fourth-order valence-electron chi connectivity index (χ4n) is 5.37. The average molecular weight is 747 g/mol. The maximum Gasteiger partial charge on any atom is 0.337 e. The molecule has 1 atom stereocenters. The predicted octanol–water partition coefficient (Wildman–Crippen LogP) is 6.07. The number of hydrogen-bond acceptors (Lipinski definition) is 9. The number of fused-ring (bicyclic) bond motifs is 1. The minimum atomic E-state index is -2.17. The topological polar surface area (TPSA) is 160 Å². The summed E-state index contributed by atoms with van der Waals surface area (Å²) in [5, 5.41) is 3.00. The highest BCUT2D eigenvalue weighted by molar-refractivity contribution is 5.98. The Morgan fingerprint density at radius 1 is 1.00 bits per heavy atom. The average Bonchev–Trinajstić information content (AvgIpc) is 3.12. The summed E-state index contributed by atoms with van der Waals surface area (Å²) in [4.78, 5) is 58.8. The molecule has 0 unspecified atom stereocenters. The number of rotatable bonds is 8. The van der Waals surface area contributed by atoms with Crippen molar-refractivity contribution in [1.82, 2.24) is 25.6 Å². The van der Waals surface area contributed by atoms with Crippen LogP contribution in [0.1, 0.15) is 68.6 Å². The van der Waals surface area contributed by atoms with Gasteiger partial charge in [-0.2, -0.15) is 0 Å². The number of hydrogen-bond donors (Lipinski definition) is 2. The lowest BCUT2D eigenvalue weighted by molar-refractivity contribution is -0.145. The number of aryl methyl sites for hydroxylation is 3. The van der Waals surface area contributed by atoms with E-state index < -0.39 is 41.4 Å². The number of alkyl halides is 2. The molecule has 2 aromatic carbocycles. The summed E-state index contributed by atoms with van der Waals surface area (Å²) in [7, 11) is 1.58. The standard InChI is InChI=1S/C32H34FN5O6.C2H4F2.2C2H6.H3N/c1-5-44-31(41)25(35-29(39)28-20(3)15-22(17-24(28)33)37-10-12-43-13-11-37)16-21-7-9-27(34-18-21)38-30(40)23-14-19(2)6-8-26(23)36(4)32(38)42;1-2(3)4;2*1-2;/h6-9,14-15,17-18,25H,5,10-13,16H2,1-4H3,(H,35,39);2H,1H3;2*1-2H3;1H3/t25-;;;;/m0..../s1. The molecule has 1 aliphatic heterocycles. The third-order valence-corrected chi connectivity index (χ3v) is 7.66. The van der Waals surface area contributed by atoms with E-state index in [4.69, 9.17) is 9.47 Å². The predicted molar refractivity (Wildman–Crippen MR) is 202 cm³/mol. The molecule has 0 saturated carbocycles. The van der Waals surface area contributed by atoms with Crippen LogP contribution in [0.25, 0.3) is 16.7 Å². The number of morpholine rings is 1. The molecule has 3 heterocycles. The van der Waals surface area contributed by atoms with Crippen LogP contribution in [0.5, 0.6) is 0 Å². The van der Waals surface area contributed by atoms with Crippen LogP contribution in [0.3, 0.4) is 0 Å². The lowest BCUT2D eigenvalue weighted by Crippen LogP contribution is -2.44. The summed E-state index contributed by atoms with van der Waals surface area (Å²) in [6.45, 7) is 16.4. The molecule has 4 N–H and O–H groups in total. The summed E-state index contributed by atoms with van der Waals surface area (Å²) < 4.78 is 48.8. The summed E-state index contributed by atoms with van der Waals surface area (Å²) in [6.07, 6.45) is -0.767. The van der Waals surface area contributed by atoms with Crippen LogP contribution in [0, 0.1) is 19.7 Å². The van der Waals surface area contributed by atoms with Crippen molar-refractivity contribution in [3.8, 4) is 5.82 Å². The summed E-state index contributed by atoms with van der Waals surface area (Å²) >= 11 is 0. The number of amides is 1. The number of benzene rings is 2. The molecule has 0 bridgehead atoms. The molecule has 1 fully saturated rings. The van der Waals surface area contributed by atoms with E-state index in [0.717, 1.165) is 17.1 Å². The summed E-state index contributed by atoms with van der Waals surface area (Å²) in [5.41, 5.74) is 1.77. The number of halogens is 3. The van der Waals surface area contributed by atoms with Gasteiger partial charge >= 0.3 is 11.7 Å². The van der Waals surface area contributed by atoms with Crippen molar-refractivity contribution in [3.05, 3.63) is 97.6 Å². The van der Waals surface area contributed by atoms with Gasteiger partial charge < -0.3 is 25.8 Å². The van der Waals surface area contributed by atoms with Gasteiger partial charge in [0.15, 0.2) is 0 Å². The van der Waals surface area contributed by atoms with E-state index >= 15 is 4.39 Å². The molecule has 292 valence electrons. The smallest absolute Gasteiger partial charge is 0.337 e. The van der Waals surface area contributed by atoms with Crippen molar-refractivity contribution in [1.29, 1.82) is 0 Å². The maximum atomic E-state index is 15.3. The van der Waals surface area contributed by atoms with E-state index in [1.807, 2.05) is 45.6 Å². The minimum absolute atomic E-state index is 0. The molecular formula is C38H53F3N6O6. The van der Waals surface area contributed by atoms with Gasteiger partial charge in [-0.15, -0.1) is 0 Å². The van der Waals surface area contributed by atoms with Gasteiger partial charge in [-0.25, -0.2) is 32.3 Å². The Kier molecular flexibility index (Phi) is 19.2. The quantitative estimate of drug-likeness (QED) is 0.204. The maximum absolute atomic E-state index is 15.3. The second-order valence-corrected chi connectivity index (χ2v) is 11.2. The van der Waals surface area contributed by atoms with E-state index in [0.29, 0.717) is 54.0 Å². The molecule has 1 amide bonds. The zero-order valence-corrected chi connectivity index (χ0v) is 32.1. The molecule has 1 saturated heterocycles. The van der Waals surface area contributed by atoms with Crippen molar-refractivity contribution in [3.63, 3.8) is 0 Å². The number of nitrogens with zero attached hydrogens (tertiary/aromatic N) is 4. The number of anilines is 1. The van der Waals surface area contributed by atoms with Crippen molar-refractivity contribution in [2.45, 2.75) is 74.3 Å². The number of nitrogens with one attached hydrogen (secondary N) is 1. The zero-order chi connectivity index (χ0) is 39.1. The Morgan fingerprint density at radius 2 is 1.62 bits per heavy atom. The van der Waals surface area contributed by atoms with Crippen LogP contribution in [0.15, 0.2) is 58.3 Å². The first-order chi connectivity index (χ1) is 24.8. The van der Waals surface area contributed by atoms with Crippen molar-refractivity contribution < 1.29 is 32.2 Å². The third kappa shape index (κ3) is 12.0. The molecule has 4 aromatic rings. The van der Waals surface area contributed by atoms with Crippen LogP contribution in [-0.2, 0) is 27.7 Å². The van der Waals surface area contributed by atoms with Crippen LogP contribution in [-0.4, -0.2) is 71.4 Å². The normalized spacial score (nSPS) is 12.5. The van der Waals surface area contributed by atoms with E-state index in [1.165, 1.54) is 22.9 Å². The van der Waals surface area contributed by atoms with Crippen LogP contribution >= 0.6 is 0 Å². The largest absolute Gasteiger partial charge is 0.464 e. The lowest BCUT2D eigenvalue weighted by Gasteiger charge is -2.29. The molecule has 12 nitrogen and oxygen atoms in total. The highest BCUT2D eigenvalue weighted by Gasteiger charge is 2.27. The molecule has 5 rings (SSSR count). The van der Waals surface area contributed by atoms with E-state index in [-0.39, 0.29) is 30.6 Å². The Morgan fingerprint density at radius 3 is 2.17 bits per heavy atom. The Bertz CT molecular complexity index is 1880. The molecule has 53 heavy (non-hydrogen) atoms. The molecule has 15 heteroatoms. The van der Waals surface area contributed by atoms with E-state index in [2.05, 4.69) is 10.3 Å². The first-order valence-electron chi connectivity index (χ1n) is 17.4. The Labute approximate surface area is 308 Å². The zero-order valence-electron chi connectivity index (χ0n) is 32.1. The van der Waals surface area contributed by atoms with Crippen LogP contribution < -0.4 is 27.6 Å². The molecule has 0 spiro atoms. The van der Waals surface area contributed by atoms with Gasteiger partial charge in [-0.1, -0.05) is 45.4 Å². The lowest BCUT2D eigenvalue weighted by atomic mass is 10.0. The highest BCUT2D eigenvalue weighted by atomic mass is 19.3. The first kappa shape index (κ1) is 46.0. The Hall–Kier alpha value is -5.02. The molecule has 1 aliphatic rings. The van der Waals surface area contributed by atoms with Gasteiger partial charge in [0.05, 0.1) is 36.3 Å². The van der Waals surface area contributed by atoms with Gasteiger partial charge in [0.25, 0.3) is 11.5 Å². The molecule has 0 radical (unpaired) electrons. The fourth-order valence-corrected chi connectivity index (χ4v) is 5.37. The highest BCUT2D eigenvalue weighted by Crippen LogP contribution is 2.24. The Balaban J connectivity index is 0.00000144. The van der Waals surface area contributed by atoms with Gasteiger partial charge in [0.2, 0.25) is 6.43 Å². The van der Waals surface area contributed by atoms with E-state index in [1.54, 1.807) is 45.2 Å². The van der Waals surface area contributed by atoms with Crippen molar-refractivity contribution >= 4 is 28.5 Å². The van der Waals surface area contributed by atoms with Gasteiger partial charge in [0.1, 0.15) is 17.7 Å². The van der Waals surface area contributed by atoms with Crippen molar-refractivity contribution in [2.24, 2.45) is 7.05 Å². The number of carbonyl (C=O) groups excluding carboxylic acids is 2. The van der Waals surface area contributed by atoms with Crippen LogP contribution in [0.2, 0.25) is 0 Å². The summed E-state index contributed by atoms with van der Waals surface area (Å²) in [6, 6.07) is 10.3. The number of ether oxygens (including phenoxy) is 2. The number of aromatic nitrogens is 3.